The van der Waals surface area contributed by atoms with Gasteiger partial charge < -0.3 is 10.2 Å². The van der Waals surface area contributed by atoms with E-state index in [0.29, 0.717) is 0 Å². The van der Waals surface area contributed by atoms with Crippen molar-refractivity contribution in [1.82, 2.24) is 19.8 Å². The molecule has 5 nitrogen and oxygen atoms in total. The van der Waals surface area contributed by atoms with E-state index in [2.05, 4.69) is 50.3 Å². The van der Waals surface area contributed by atoms with Crippen molar-refractivity contribution in [3.8, 4) is 0 Å². The van der Waals surface area contributed by atoms with Crippen LogP contribution in [0.5, 0.6) is 0 Å². The lowest BCUT2D eigenvalue weighted by Crippen LogP contribution is -2.43. The zero-order chi connectivity index (χ0) is 14.9. The molecule has 1 saturated heterocycles. The summed E-state index contributed by atoms with van der Waals surface area (Å²) in [5, 5.41) is 4.35. The van der Waals surface area contributed by atoms with Gasteiger partial charge in [0, 0.05) is 50.0 Å². The van der Waals surface area contributed by atoms with E-state index in [1.165, 1.54) is 10.5 Å². The van der Waals surface area contributed by atoms with E-state index in [-0.39, 0.29) is 0 Å². The molecule has 0 amide bonds. The molecular formula is C16H19N5S. The lowest BCUT2D eigenvalue weighted by Gasteiger charge is -2.32. The van der Waals surface area contributed by atoms with Gasteiger partial charge in [0.1, 0.15) is 5.03 Å². The molecule has 0 atom stereocenters. The van der Waals surface area contributed by atoms with Crippen molar-refractivity contribution >= 4 is 23.3 Å². The largest absolute Gasteiger partial charge is 0.337 e. The molecule has 6 heteroatoms. The lowest BCUT2D eigenvalue weighted by atomic mass is 10.1. The molecule has 3 heterocycles. The van der Waals surface area contributed by atoms with Crippen molar-refractivity contribution in [2.45, 2.75) is 16.5 Å². The zero-order valence-corrected chi connectivity index (χ0v) is 13.4. The van der Waals surface area contributed by atoms with Crippen LogP contribution in [0.15, 0.2) is 40.5 Å². The molecule has 1 fully saturated rings. The number of anilines is 2. The van der Waals surface area contributed by atoms with E-state index in [1.807, 2.05) is 0 Å². The highest BCUT2D eigenvalue weighted by Gasteiger charge is 2.19. The average molecular weight is 313 g/mol. The van der Waals surface area contributed by atoms with Crippen LogP contribution < -0.4 is 5.32 Å². The van der Waals surface area contributed by atoms with Crippen LogP contribution in [-0.2, 0) is 6.54 Å². The van der Waals surface area contributed by atoms with E-state index in [9.17, 15) is 0 Å². The third kappa shape index (κ3) is 2.82. The second-order valence-electron chi connectivity index (χ2n) is 5.85. The number of fused-ring (bicyclic) bond motifs is 2. The van der Waals surface area contributed by atoms with E-state index < -0.39 is 0 Å². The van der Waals surface area contributed by atoms with E-state index in [4.69, 9.17) is 0 Å². The summed E-state index contributed by atoms with van der Waals surface area (Å²) in [6.07, 6.45) is 3.46. The summed E-state index contributed by atoms with van der Waals surface area (Å²) in [7, 11) is 2.19. The summed E-state index contributed by atoms with van der Waals surface area (Å²) >= 11 is 1.68. The van der Waals surface area contributed by atoms with Gasteiger partial charge in [-0.2, -0.15) is 0 Å². The molecule has 1 N–H and O–H groups in total. The van der Waals surface area contributed by atoms with Crippen molar-refractivity contribution in [3.63, 3.8) is 0 Å². The van der Waals surface area contributed by atoms with Crippen LogP contribution in [0, 0.1) is 0 Å². The Labute approximate surface area is 134 Å². The highest BCUT2D eigenvalue weighted by Crippen LogP contribution is 2.42. The van der Waals surface area contributed by atoms with Crippen LogP contribution in [0.25, 0.3) is 0 Å². The Morgan fingerprint density at radius 2 is 1.95 bits per heavy atom. The standard InChI is InChI=1S/C16H19N5S/c1-20-6-8-21(9-7-20)11-12-2-3-14-13(10-12)19-15-16(22-14)18-5-4-17-15/h2-5,10H,6-9,11H2,1H3,(H,17,19). The van der Waals surface area contributed by atoms with Gasteiger partial charge in [-0.05, 0) is 24.7 Å². The van der Waals surface area contributed by atoms with E-state index in [0.717, 1.165) is 49.3 Å². The Morgan fingerprint density at radius 3 is 2.82 bits per heavy atom. The SMILES string of the molecule is CN1CCN(Cc2ccc3c(c2)Nc2nccnc2S3)CC1. The van der Waals surface area contributed by atoms with Crippen molar-refractivity contribution in [1.29, 1.82) is 0 Å². The maximum atomic E-state index is 4.37. The van der Waals surface area contributed by atoms with Crippen LogP contribution in [0.1, 0.15) is 5.56 Å². The van der Waals surface area contributed by atoms with Crippen LogP contribution in [0.2, 0.25) is 0 Å². The second-order valence-corrected chi connectivity index (χ2v) is 6.88. The quantitative estimate of drug-likeness (QED) is 0.784. The monoisotopic (exact) mass is 313 g/mol. The lowest BCUT2D eigenvalue weighted by molar-refractivity contribution is 0.148. The van der Waals surface area contributed by atoms with Gasteiger partial charge in [0.2, 0.25) is 0 Å². The Morgan fingerprint density at radius 1 is 1.14 bits per heavy atom. The predicted molar refractivity (Wildman–Crippen MR) is 88.7 cm³/mol. The van der Waals surface area contributed by atoms with Crippen LogP contribution in [0.4, 0.5) is 11.5 Å². The predicted octanol–water partition coefficient (Wildman–Crippen LogP) is 2.43. The number of aromatic nitrogens is 2. The van der Waals surface area contributed by atoms with Gasteiger partial charge in [-0.1, -0.05) is 17.8 Å². The number of nitrogens with zero attached hydrogens (tertiary/aromatic N) is 4. The molecule has 0 radical (unpaired) electrons. The molecule has 0 unspecified atom stereocenters. The zero-order valence-electron chi connectivity index (χ0n) is 12.6. The van der Waals surface area contributed by atoms with Gasteiger partial charge in [-0.15, -0.1) is 0 Å². The number of rotatable bonds is 2. The molecule has 114 valence electrons. The molecule has 2 aromatic rings. The van der Waals surface area contributed by atoms with Crippen molar-refractivity contribution < 1.29 is 0 Å². The minimum Gasteiger partial charge on any atom is -0.337 e. The molecule has 22 heavy (non-hydrogen) atoms. The van der Waals surface area contributed by atoms with Gasteiger partial charge >= 0.3 is 0 Å². The van der Waals surface area contributed by atoms with Crippen LogP contribution >= 0.6 is 11.8 Å². The molecule has 0 spiro atoms. The Kier molecular flexibility index (Phi) is 3.73. The summed E-state index contributed by atoms with van der Waals surface area (Å²) in [6.45, 7) is 5.61. The van der Waals surface area contributed by atoms with E-state index >= 15 is 0 Å². The summed E-state index contributed by atoms with van der Waals surface area (Å²) in [5.74, 6) is 0.858. The topological polar surface area (TPSA) is 44.3 Å². The third-order valence-corrected chi connectivity index (χ3v) is 5.24. The number of hydrogen-bond acceptors (Lipinski definition) is 6. The first-order valence-electron chi connectivity index (χ1n) is 7.58. The summed E-state index contributed by atoms with van der Waals surface area (Å²) in [6, 6.07) is 6.67. The van der Waals surface area contributed by atoms with Crippen LogP contribution in [-0.4, -0.2) is 53.0 Å². The first-order chi connectivity index (χ1) is 10.8. The molecular weight excluding hydrogens is 294 g/mol. The summed E-state index contributed by atoms with van der Waals surface area (Å²) < 4.78 is 0. The van der Waals surface area contributed by atoms with Crippen molar-refractivity contribution in [3.05, 3.63) is 36.2 Å². The minimum absolute atomic E-state index is 0.858. The summed E-state index contributed by atoms with van der Waals surface area (Å²) in [4.78, 5) is 14.9. The van der Waals surface area contributed by atoms with Gasteiger partial charge in [0.05, 0.1) is 5.69 Å². The fourth-order valence-electron chi connectivity index (χ4n) is 2.84. The fraction of sp³-hybridized carbons (Fsp3) is 0.375. The molecule has 2 aliphatic rings. The normalized spacial score (nSPS) is 18.4. The van der Waals surface area contributed by atoms with Crippen molar-refractivity contribution in [2.24, 2.45) is 0 Å². The molecule has 1 aromatic heterocycles. The van der Waals surface area contributed by atoms with E-state index in [1.54, 1.807) is 24.2 Å². The molecule has 4 rings (SSSR count). The molecule has 0 bridgehead atoms. The highest BCUT2D eigenvalue weighted by molar-refractivity contribution is 7.99. The third-order valence-electron chi connectivity index (χ3n) is 4.17. The molecule has 2 aliphatic heterocycles. The first kappa shape index (κ1) is 14.0. The smallest absolute Gasteiger partial charge is 0.163 e. The Hall–Kier alpha value is -1.63. The molecule has 0 saturated carbocycles. The summed E-state index contributed by atoms with van der Waals surface area (Å²) in [5.41, 5.74) is 2.49. The number of likely N-dealkylation sites (N-methyl/N-ethyl adjacent to an activating group) is 1. The minimum atomic E-state index is 0.858. The number of nitrogens with one attached hydrogen (secondary N) is 1. The Bertz CT molecular complexity index is 682. The maximum absolute atomic E-state index is 4.37. The number of piperazine rings is 1. The Balaban J connectivity index is 1.51. The average Bonchev–Trinajstić information content (AvgIpc) is 2.55. The molecule has 1 aromatic carbocycles. The fourth-order valence-corrected chi connectivity index (χ4v) is 3.72. The van der Waals surface area contributed by atoms with Gasteiger partial charge in [0.15, 0.2) is 5.82 Å². The van der Waals surface area contributed by atoms with Gasteiger partial charge in [0.25, 0.3) is 0 Å². The first-order valence-corrected chi connectivity index (χ1v) is 8.39. The van der Waals surface area contributed by atoms with Gasteiger partial charge in [-0.25, -0.2) is 9.97 Å². The second kappa shape index (κ2) is 5.87. The maximum Gasteiger partial charge on any atom is 0.163 e. The number of hydrogen-bond donors (Lipinski definition) is 1. The van der Waals surface area contributed by atoms with Gasteiger partial charge in [-0.3, -0.25) is 4.90 Å². The number of benzene rings is 1. The molecule has 0 aliphatic carbocycles. The van der Waals surface area contributed by atoms with Crippen LogP contribution in [0.3, 0.4) is 0 Å². The van der Waals surface area contributed by atoms with Crippen molar-refractivity contribution in [2.75, 3.05) is 38.5 Å². The highest BCUT2D eigenvalue weighted by atomic mass is 32.2.